The Bertz CT molecular complexity index is 1360. The summed E-state index contributed by atoms with van der Waals surface area (Å²) in [5.74, 6) is -2.33. The molecule has 170 valence electrons. The number of aliphatic hydroxyl groups is 1. The smallest absolute Gasteiger partial charge is 0.300 e. The van der Waals surface area contributed by atoms with Crippen LogP contribution in [-0.2, 0) is 9.59 Å². The Labute approximate surface area is 192 Å². The molecule has 34 heavy (non-hydrogen) atoms. The monoisotopic (exact) mass is 459 g/mol. The highest BCUT2D eigenvalue weighted by Gasteiger charge is 2.47. The van der Waals surface area contributed by atoms with Gasteiger partial charge in [-0.15, -0.1) is 0 Å². The number of carbonyl (C=O) groups excluding carboxylic acids is 2. The number of anilines is 1. The molecule has 1 atom stereocenters. The van der Waals surface area contributed by atoms with Crippen LogP contribution in [0.3, 0.4) is 0 Å². The number of nitro groups is 2. The van der Waals surface area contributed by atoms with Crippen LogP contribution < -0.4 is 4.90 Å². The number of carbonyl (C=O) groups is 2. The molecule has 1 N–H and O–H groups in total. The Kier molecular flexibility index (Phi) is 5.64. The van der Waals surface area contributed by atoms with Crippen LogP contribution in [0.4, 0.5) is 17.1 Å². The molecule has 0 spiro atoms. The predicted octanol–water partition coefficient (Wildman–Crippen LogP) is 4.44. The van der Waals surface area contributed by atoms with Crippen molar-refractivity contribution in [2.75, 3.05) is 4.90 Å². The molecule has 0 aliphatic carbocycles. The number of nitrogens with zero attached hydrogens (tertiary/aromatic N) is 3. The third kappa shape index (κ3) is 3.88. The SMILES string of the molecule is Cc1cccc(N2C(=O)C(=O)/C(=C(\O)c3ccc([N+](=O)[O-])cc3)C2c2ccc([N+](=O)[O-])cc2)c1. The molecule has 10 heteroatoms. The van der Waals surface area contributed by atoms with Gasteiger partial charge in [0.25, 0.3) is 23.1 Å². The van der Waals surface area contributed by atoms with Crippen LogP contribution in [0, 0.1) is 27.2 Å². The molecule has 1 aliphatic rings. The summed E-state index contributed by atoms with van der Waals surface area (Å²) in [4.78, 5) is 48.3. The summed E-state index contributed by atoms with van der Waals surface area (Å²) in [6, 6.07) is 16.0. The van der Waals surface area contributed by atoms with Gasteiger partial charge in [0.1, 0.15) is 5.76 Å². The molecule has 1 amide bonds. The van der Waals surface area contributed by atoms with Crippen molar-refractivity contribution in [1.82, 2.24) is 0 Å². The maximum atomic E-state index is 13.1. The Balaban J connectivity index is 1.92. The molecule has 1 heterocycles. The van der Waals surface area contributed by atoms with E-state index in [9.17, 15) is 34.9 Å². The van der Waals surface area contributed by atoms with Crippen LogP contribution in [0.25, 0.3) is 5.76 Å². The number of non-ortho nitro benzene ring substituents is 2. The third-order valence-corrected chi connectivity index (χ3v) is 5.50. The van der Waals surface area contributed by atoms with Gasteiger partial charge in [-0.3, -0.25) is 34.7 Å². The van der Waals surface area contributed by atoms with E-state index < -0.39 is 33.3 Å². The zero-order valence-electron chi connectivity index (χ0n) is 17.7. The van der Waals surface area contributed by atoms with E-state index in [0.717, 1.165) is 5.56 Å². The highest BCUT2D eigenvalue weighted by molar-refractivity contribution is 6.51. The number of Topliss-reactive ketones (excluding diaryl/α,β-unsaturated/α-hetero) is 1. The number of ketones is 1. The van der Waals surface area contributed by atoms with Gasteiger partial charge >= 0.3 is 0 Å². The minimum absolute atomic E-state index is 0.111. The van der Waals surface area contributed by atoms with E-state index in [1.54, 1.807) is 18.2 Å². The summed E-state index contributed by atoms with van der Waals surface area (Å²) in [7, 11) is 0. The number of nitro benzene ring substituents is 2. The van der Waals surface area contributed by atoms with Gasteiger partial charge < -0.3 is 5.11 Å². The van der Waals surface area contributed by atoms with Crippen LogP contribution >= 0.6 is 0 Å². The fraction of sp³-hybridized carbons (Fsp3) is 0.0833. The first kappa shape index (κ1) is 22.3. The maximum absolute atomic E-state index is 13.1. The number of hydrogen-bond acceptors (Lipinski definition) is 7. The summed E-state index contributed by atoms with van der Waals surface area (Å²) in [6.45, 7) is 1.82. The number of rotatable bonds is 5. The average Bonchev–Trinajstić information content (AvgIpc) is 3.09. The molecule has 3 aromatic rings. The molecular formula is C24H17N3O7. The van der Waals surface area contributed by atoms with Crippen molar-refractivity contribution >= 4 is 34.5 Å². The van der Waals surface area contributed by atoms with Crippen LogP contribution in [0.5, 0.6) is 0 Å². The van der Waals surface area contributed by atoms with Gasteiger partial charge in [-0.1, -0.05) is 12.1 Å². The molecule has 1 unspecified atom stereocenters. The van der Waals surface area contributed by atoms with E-state index in [1.165, 1.54) is 53.4 Å². The number of benzene rings is 3. The largest absolute Gasteiger partial charge is 0.507 e. The van der Waals surface area contributed by atoms with Gasteiger partial charge in [-0.25, -0.2) is 0 Å². The fourth-order valence-electron chi connectivity index (χ4n) is 3.87. The lowest BCUT2D eigenvalue weighted by Gasteiger charge is -2.25. The first-order valence-corrected chi connectivity index (χ1v) is 10.1. The van der Waals surface area contributed by atoms with Crippen LogP contribution in [0.1, 0.15) is 22.7 Å². The minimum Gasteiger partial charge on any atom is -0.507 e. The molecule has 0 bridgehead atoms. The van der Waals surface area contributed by atoms with Gasteiger partial charge in [0.05, 0.1) is 21.5 Å². The normalized spacial score (nSPS) is 17.1. The highest BCUT2D eigenvalue weighted by atomic mass is 16.6. The lowest BCUT2D eigenvalue weighted by atomic mass is 9.95. The Morgan fingerprint density at radius 1 is 0.882 bits per heavy atom. The van der Waals surface area contributed by atoms with E-state index in [-0.39, 0.29) is 22.5 Å². The first-order chi connectivity index (χ1) is 16.2. The molecule has 1 saturated heterocycles. The summed E-state index contributed by atoms with van der Waals surface area (Å²) in [5.41, 5.74) is 1.12. The zero-order valence-corrected chi connectivity index (χ0v) is 17.7. The number of aryl methyl sites for hydroxylation is 1. The average molecular weight is 459 g/mol. The van der Waals surface area contributed by atoms with Gasteiger partial charge in [-0.2, -0.15) is 0 Å². The second-order valence-electron chi connectivity index (χ2n) is 7.66. The quantitative estimate of drug-likeness (QED) is 0.195. The van der Waals surface area contributed by atoms with Crippen molar-refractivity contribution < 1.29 is 24.5 Å². The van der Waals surface area contributed by atoms with Crippen molar-refractivity contribution in [3.05, 3.63) is 115 Å². The van der Waals surface area contributed by atoms with Crippen molar-refractivity contribution in [3.63, 3.8) is 0 Å². The lowest BCUT2D eigenvalue weighted by Crippen LogP contribution is -2.29. The first-order valence-electron chi connectivity index (χ1n) is 10.1. The van der Waals surface area contributed by atoms with Crippen molar-refractivity contribution in [2.24, 2.45) is 0 Å². The van der Waals surface area contributed by atoms with Gasteiger partial charge in [-0.05, 0) is 54.4 Å². The van der Waals surface area contributed by atoms with Crippen molar-refractivity contribution in [3.8, 4) is 0 Å². The Morgan fingerprint density at radius 3 is 1.97 bits per heavy atom. The Morgan fingerprint density at radius 2 is 1.44 bits per heavy atom. The third-order valence-electron chi connectivity index (χ3n) is 5.50. The summed E-state index contributed by atoms with van der Waals surface area (Å²) in [5, 5.41) is 33.1. The second-order valence-corrected chi connectivity index (χ2v) is 7.66. The summed E-state index contributed by atoms with van der Waals surface area (Å²) in [6.07, 6.45) is 0. The van der Waals surface area contributed by atoms with Crippen LogP contribution in [0.2, 0.25) is 0 Å². The zero-order chi connectivity index (χ0) is 24.6. The van der Waals surface area contributed by atoms with E-state index >= 15 is 0 Å². The summed E-state index contributed by atoms with van der Waals surface area (Å²) < 4.78 is 0. The standard InChI is InChI=1S/C24H17N3O7/c1-14-3-2-4-19(13-14)25-21(15-5-9-17(10-6-15)26(31)32)20(23(29)24(25)30)22(28)16-7-11-18(12-8-16)27(33)34/h2-13,21,28H,1H3/b22-20-. The Hall–Kier alpha value is -4.86. The molecule has 1 fully saturated rings. The fourth-order valence-corrected chi connectivity index (χ4v) is 3.87. The van der Waals surface area contributed by atoms with E-state index in [0.29, 0.717) is 11.3 Å². The van der Waals surface area contributed by atoms with Gasteiger partial charge in [0, 0.05) is 35.5 Å². The van der Waals surface area contributed by atoms with Crippen LogP contribution in [0.15, 0.2) is 78.4 Å². The maximum Gasteiger partial charge on any atom is 0.300 e. The molecule has 0 radical (unpaired) electrons. The van der Waals surface area contributed by atoms with Crippen molar-refractivity contribution in [2.45, 2.75) is 13.0 Å². The number of amides is 1. The molecule has 4 rings (SSSR count). The summed E-state index contributed by atoms with van der Waals surface area (Å²) >= 11 is 0. The van der Waals surface area contributed by atoms with Crippen molar-refractivity contribution in [1.29, 1.82) is 0 Å². The highest BCUT2D eigenvalue weighted by Crippen LogP contribution is 2.42. The molecule has 3 aromatic carbocycles. The van der Waals surface area contributed by atoms with E-state index in [1.807, 2.05) is 13.0 Å². The molecule has 1 aliphatic heterocycles. The second kappa shape index (κ2) is 8.58. The topological polar surface area (TPSA) is 144 Å². The lowest BCUT2D eigenvalue weighted by molar-refractivity contribution is -0.385. The predicted molar refractivity (Wildman–Crippen MR) is 122 cm³/mol. The van der Waals surface area contributed by atoms with E-state index in [2.05, 4.69) is 0 Å². The molecule has 0 saturated carbocycles. The van der Waals surface area contributed by atoms with Gasteiger partial charge in [0.2, 0.25) is 0 Å². The molecule has 0 aromatic heterocycles. The molecular weight excluding hydrogens is 442 g/mol. The molecule has 10 nitrogen and oxygen atoms in total. The number of aliphatic hydroxyl groups excluding tert-OH is 1. The minimum atomic E-state index is -1.07. The van der Waals surface area contributed by atoms with E-state index in [4.69, 9.17) is 0 Å². The number of hydrogen-bond donors (Lipinski definition) is 1. The van der Waals surface area contributed by atoms with Crippen LogP contribution in [-0.4, -0.2) is 26.6 Å². The van der Waals surface area contributed by atoms with Gasteiger partial charge in [0.15, 0.2) is 0 Å².